The number of hydrogen-bond donors (Lipinski definition) is 1. The molecule has 0 aliphatic carbocycles. The number of pyridine rings is 1. The number of fused-ring (bicyclic) bond motifs is 2. The predicted molar refractivity (Wildman–Crippen MR) is 115 cm³/mol. The minimum atomic E-state index is -0.331. The molecule has 0 unspecified atom stereocenters. The second-order valence-electron chi connectivity index (χ2n) is 6.44. The molecule has 1 aliphatic rings. The molecular weight excluding hydrogens is 402 g/mol. The number of anilines is 2. The molecule has 2 heterocycles. The molecule has 3 aromatic rings. The number of hydrogen-bond acceptors (Lipinski definition) is 6. The first-order valence-corrected chi connectivity index (χ1v) is 9.98. The number of aromatic nitrogens is 1. The largest absolute Gasteiger partial charge is 0.493 e. The first kappa shape index (κ1) is 19.8. The molecule has 8 heteroatoms. The van der Waals surface area contributed by atoms with Crippen molar-refractivity contribution in [2.45, 2.75) is 9.92 Å². The lowest BCUT2D eigenvalue weighted by atomic mass is 10.2. The lowest BCUT2D eigenvalue weighted by Crippen LogP contribution is -2.38. The summed E-state index contributed by atoms with van der Waals surface area (Å²) >= 11 is 1.42. The van der Waals surface area contributed by atoms with Gasteiger partial charge in [0.05, 0.1) is 25.5 Å². The third kappa shape index (κ3) is 3.81. The van der Waals surface area contributed by atoms with Crippen LogP contribution < -0.4 is 19.7 Å². The zero-order chi connectivity index (χ0) is 21.1. The first-order valence-electron chi connectivity index (χ1n) is 9.16. The zero-order valence-corrected chi connectivity index (χ0v) is 17.2. The van der Waals surface area contributed by atoms with Crippen molar-refractivity contribution >= 4 is 35.0 Å². The topological polar surface area (TPSA) is 80.8 Å². The van der Waals surface area contributed by atoms with Gasteiger partial charge < -0.3 is 14.8 Å². The van der Waals surface area contributed by atoms with Crippen LogP contribution in [0.25, 0.3) is 0 Å². The molecular formula is C22H19N3O4S. The number of carbonyl (C=O) groups excluding carboxylic acids is 2. The van der Waals surface area contributed by atoms with Crippen molar-refractivity contribution in [3.63, 3.8) is 0 Å². The van der Waals surface area contributed by atoms with Crippen molar-refractivity contribution in [2.24, 2.45) is 0 Å². The highest BCUT2D eigenvalue weighted by molar-refractivity contribution is 7.99. The molecule has 0 fully saturated rings. The lowest BCUT2D eigenvalue weighted by molar-refractivity contribution is -0.114. The first-order chi connectivity index (χ1) is 14.6. The minimum absolute atomic E-state index is 0.140. The van der Waals surface area contributed by atoms with Gasteiger partial charge in [-0.25, -0.2) is 4.98 Å². The summed E-state index contributed by atoms with van der Waals surface area (Å²) in [5.74, 6) is 0.469. The second-order valence-corrected chi connectivity index (χ2v) is 7.47. The Morgan fingerprint density at radius 1 is 1.07 bits per heavy atom. The molecule has 1 aliphatic heterocycles. The monoisotopic (exact) mass is 421 g/mol. The van der Waals surface area contributed by atoms with Gasteiger partial charge >= 0.3 is 0 Å². The van der Waals surface area contributed by atoms with Crippen LogP contribution in [-0.4, -0.2) is 37.6 Å². The number of nitrogens with zero attached hydrogens (tertiary/aromatic N) is 2. The third-order valence-electron chi connectivity index (χ3n) is 4.58. The lowest BCUT2D eigenvalue weighted by Gasteiger charge is -2.22. The second kappa shape index (κ2) is 8.46. The molecule has 152 valence electrons. The summed E-state index contributed by atoms with van der Waals surface area (Å²) in [5.41, 5.74) is 1.69. The third-order valence-corrected chi connectivity index (χ3v) is 5.66. The molecule has 0 saturated heterocycles. The van der Waals surface area contributed by atoms with Crippen LogP contribution in [0.4, 0.5) is 11.4 Å². The highest BCUT2D eigenvalue weighted by Gasteiger charge is 2.29. The average Bonchev–Trinajstić information content (AvgIpc) is 2.88. The number of nitrogens with one attached hydrogen (secondary N) is 1. The van der Waals surface area contributed by atoms with E-state index in [1.807, 2.05) is 24.3 Å². The molecule has 7 nitrogen and oxygen atoms in total. The zero-order valence-electron chi connectivity index (χ0n) is 16.4. The van der Waals surface area contributed by atoms with Crippen molar-refractivity contribution < 1.29 is 19.1 Å². The van der Waals surface area contributed by atoms with Crippen molar-refractivity contribution in [1.82, 2.24) is 4.98 Å². The average molecular weight is 421 g/mol. The maximum Gasteiger partial charge on any atom is 0.261 e. The van der Waals surface area contributed by atoms with Crippen LogP contribution in [0.15, 0.2) is 70.7 Å². The molecule has 0 atom stereocenters. The van der Waals surface area contributed by atoms with Crippen LogP contribution in [0.3, 0.4) is 0 Å². The molecule has 0 bridgehead atoms. The van der Waals surface area contributed by atoms with Crippen molar-refractivity contribution in [3.8, 4) is 11.5 Å². The number of ether oxygens (including phenoxy) is 2. The molecule has 0 spiro atoms. The van der Waals surface area contributed by atoms with Crippen LogP contribution in [0.2, 0.25) is 0 Å². The summed E-state index contributed by atoms with van der Waals surface area (Å²) < 4.78 is 10.5. The molecule has 2 aromatic carbocycles. The Balaban J connectivity index is 1.61. The van der Waals surface area contributed by atoms with Crippen molar-refractivity contribution in [1.29, 1.82) is 0 Å². The van der Waals surface area contributed by atoms with Gasteiger partial charge in [-0.1, -0.05) is 23.9 Å². The molecule has 30 heavy (non-hydrogen) atoms. The Morgan fingerprint density at radius 2 is 1.87 bits per heavy atom. The van der Waals surface area contributed by atoms with E-state index in [0.29, 0.717) is 33.5 Å². The maximum atomic E-state index is 13.2. The highest BCUT2D eigenvalue weighted by Crippen LogP contribution is 2.40. The maximum absolute atomic E-state index is 13.2. The van der Waals surface area contributed by atoms with Crippen LogP contribution in [0.5, 0.6) is 11.5 Å². The summed E-state index contributed by atoms with van der Waals surface area (Å²) in [6.07, 6.45) is 1.65. The van der Waals surface area contributed by atoms with E-state index in [-0.39, 0.29) is 18.4 Å². The van der Waals surface area contributed by atoms with Crippen LogP contribution in [0.1, 0.15) is 10.4 Å². The summed E-state index contributed by atoms with van der Waals surface area (Å²) in [6, 6.07) is 16.0. The summed E-state index contributed by atoms with van der Waals surface area (Å²) in [4.78, 5) is 32.7. The normalized spacial score (nSPS) is 12.5. The Hall–Kier alpha value is -3.52. The van der Waals surface area contributed by atoms with Gasteiger partial charge in [-0.15, -0.1) is 0 Å². The molecule has 2 amide bonds. The summed E-state index contributed by atoms with van der Waals surface area (Å²) in [6.45, 7) is -0.140. The Morgan fingerprint density at radius 3 is 2.67 bits per heavy atom. The van der Waals surface area contributed by atoms with Gasteiger partial charge in [0.2, 0.25) is 5.91 Å². The van der Waals surface area contributed by atoms with Gasteiger partial charge in [0.15, 0.2) is 11.5 Å². The van der Waals surface area contributed by atoms with E-state index < -0.39 is 0 Å². The molecule has 0 radical (unpaired) electrons. The number of benzene rings is 2. The van der Waals surface area contributed by atoms with E-state index in [9.17, 15) is 9.59 Å². The van der Waals surface area contributed by atoms with E-state index in [1.165, 1.54) is 23.8 Å². The Kier molecular flexibility index (Phi) is 5.58. The van der Waals surface area contributed by atoms with Crippen LogP contribution in [-0.2, 0) is 4.79 Å². The van der Waals surface area contributed by atoms with E-state index in [1.54, 1.807) is 43.6 Å². The number of amides is 2. The summed E-state index contributed by atoms with van der Waals surface area (Å²) in [7, 11) is 3.07. The molecule has 0 saturated carbocycles. The van der Waals surface area contributed by atoms with E-state index in [4.69, 9.17) is 9.47 Å². The number of carbonyl (C=O) groups is 2. The van der Waals surface area contributed by atoms with Crippen LogP contribution >= 0.6 is 11.8 Å². The van der Waals surface area contributed by atoms with Crippen molar-refractivity contribution in [2.75, 3.05) is 31.0 Å². The van der Waals surface area contributed by atoms with E-state index in [2.05, 4.69) is 10.3 Å². The Labute approximate surface area is 178 Å². The van der Waals surface area contributed by atoms with Gasteiger partial charge in [0.1, 0.15) is 11.6 Å². The predicted octanol–water partition coefficient (Wildman–Crippen LogP) is 3.85. The van der Waals surface area contributed by atoms with Gasteiger partial charge in [0, 0.05) is 22.8 Å². The quantitative estimate of drug-likeness (QED) is 0.674. The molecule has 1 aromatic heterocycles. The van der Waals surface area contributed by atoms with Gasteiger partial charge in [-0.05, 0) is 36.4 Å². The number of para-hydroxylation sites is 1. The number of rotatable bonds is 5. The van der Waals surface area contributed by atoms with Crippen LogP contribution in [0, 0.1) is 0 Å². The fourth-order valence-electron chi connectivity index (χ4n) is 3.18. The number of methoxy groups -OCH3 is 2. The van der Waals surface area contributed by atoms with Gasteiger partial charge in [0.25, 0.3) is 5.91 Å². The van der Waals surface area contributed by atoms with E-state index in [0.717, 1.165) is 4.90 Å². The standard InChI is InChI=1S/C22H19N3O4S/c1-28-17-10-9-14(12-18(17)29-2)24-20(26)13-25-16-7-3-4-8-19(16)30-21-15(22(25)27)6-5-11-23-21/h3-12H,13H2,1-2H3,(H,24,26). The van der Waals surface area contributed by atoms with Crippen molar-refractivity contribution in [3.05, 3.63) is 66.4 Å². The summed E-state index contributed by atoms with van der Waals surface area (Å²) in [5, 5.41) is 3.44. The van der Waals surface area contributed by atoms with Gasteiger partial charge in [-0.3, -0.25) is 14.5 Å². The van der Waals surface area contributed by atoms with Gasteiger partial charge in [-0.2, -0.15) is 0 Å². The van der Waals surface area contributed by atoms with E-state index >= 15 is 0 Å². The Bertz CT molecular complexity index is 1120. The fraction of sp³-hybridized carbons (Fsp3) is 0.136. The molecule has 4 rings (SSSR count). The SMILES string of the molecule is COc1ccc(NC(=O)CN2C(=O)c3cccnc3Sc3ccccc32)cc1OC. The smallest absolute Gasteiger partial charge is 0.261 e. The fourth-order valence-corrected chi connectivity index (χ4v) is 4.19. The minimum Gasteiger partial charge on any atom is -0.493 e. The molecule has 1 N–H and O–H groups in total. The highest BCUT2D eigenvalue weighted by atomic mass is 32.2.